The maximum Gasteiger partial charge on any atom is 0.225 e. The monoisotopic (exact) mass is 283 g/mol. The molecule has 0 bridgehead atoms. The van der Waals surface area contributed by atoms with Gasteiger partial charge in [-0.25, -0.2) is 0 Å². The van der Waals surface area contributed by atoms with Crippen LogP contribution in [0.4, 0.5) is 0 Å². The third kappa shape index (κ3) is 2.75. The van der Waals surface area contributed by atoms with Crippen LogP contribution in [-0.2, 0) is 6.42 Å². The van der Waals surface area contributed by atoms with Crippen LogP contribution in [0.25, 0.3) is 0 Å². The van der Waals surface area contributed by atoms with Crippen LogP contribution in [-0.4, -0.2) is 14.8 Å². The molecule has 98 valence electrons. The third-order valence-corrected chi connectivity index (χ3v) is 4.21. The summed E-state index contributed by atoms with van der Waals surface area (Å²) in [4.78, 5) is 2.72. The molecule has 0 radical (unpaired) electrons. The van der Waals surface area contributed by atoms with E-state index >= 15 is 0 Å². The second kappa shape index (κ2) is 5.41. The molecule has 1 atom stereocenters. The Morgan fingerprint density at radius 1 is 1.28 bits per heavy atom. The van der Waals surface area contributed by atoms with E-state index in [9.17, 15) is 0 Å². The minimum atomic E-state index is 0.281. The lowest BCUT2D eigenvalue weighted by atomic mass is 10.1. The van der Waals surface area contributed by atoms with Crippen LogP contribution in [0.3, 0.4) is 0 Å². The van der Waals surface area contributed by atoms with Crippen LogP contribution in [0.5, 0.6) is 0 Å². The van der Waals surface area contributed by atoms with Crippen molar-refractivity contribution in [3.05, 3.63) is 33.0 Å². The van der Waals surface area contributed by atoms with Crippen molar-refractivity contribution in [2.45, 2.75) is 46.1 Å². The van der Waals surface area contributed by atoms with E-state index < -0.39 is 0 Å². The van der Waals surface area contributed by atoms with Gasteiger partial charge in [0.15, 0.2) is 0 Å². The van der Waals surface area contributed by atoms with Gasteiger partial charge in [-0.15, -0.1) is 21.5 Å². The first-order chi connectivity index (χ1) is 8.49. The van der Waals surface area contributed by atoms with Crippen molar-refractivity contribution in [1.82, 2.24) is 14.8 Å². The van der Waals surface area contributed by atoms with Gasteiger partial charge in [-0.1, -0.05) is 13.8 Å². The van der Waals surface area contributed by atoms with Crippen molar-refractivity contribution < 1.29 is 0 Å². The molecule has 5 heteroatoms. The first-order valence-electron chi connectivity index (χ1n) is 6.14. The van der Waals surface area contributed by atoms with Gasteiger partial charge in [-0.2, -0.15) is 0 Å². The number of rotatable bonds is 4. The summed E-state index contributed by atoms with van der Waals surface area (Å²) in [6.07, 6.45) is 0.968. The highest BCUT2D eigenvalue weighted by Gasteiger charge is 2.18. The number of aryl methyl sites for hydroxylation is 1. The minimum absolute atomic E-state index is 0.281. The highest BCUT2D eigenvalue weighted by atomic mass is 35.5. The fourth-order valence-electron chi connectivity index (χ4n) is 2.06. The molecule has 0 aliphatic heterocycles. The van der Waals surface area contributed by atoms with Crippen LogP contribution >= 0.6 is 22.9 Å². The number of thiophene rings is 1. The average Bonchev–Trinajstić information content (AvgIpc) is 2.85. The maximum absolute atomic E-state index is 6.15. The van der Waals surface area contributed by atoms with Crippen LogP contribution in [0.1, 0.15) is 48.3 Å². The largest absolute Gasteiger partial charge is 0.298 e. The molecule has 2 aromatic heterocycles. The summed E-state index contributed by atoms with van der Waals surface area (Å²) in [6.45, 7) is 8.51. The van der Waals surface area contributed by atoms with Crippen molar-refractivity contribution in [3.63, 3.8) is 0 Å². The maximum atomic E-state index is 6.15. The molecule has 0 saturated heterocycles. The second-order valence-electron chi connectivity index (χ2n) is 4.92. The summed E-state index contributed by atoms with van der Waals surface area (Å²) in [6, 6.07) is 4.62. The molecule has 0 saturated carbocycles. The van der Waals surface area contributed by atoms with Crippen molar-refractivity contribution in [2.24, 2.45) is 0 Å². The van der Waals surface area contributed by atoms with E-state index in [1.807, 2.05) is 15.9 Å². The van der Waals surface area contributed by atoms with Crippen molar-refractivity contribution in [3.8, 4) is 0 Å². The smallest absolute Gasteiger partial charge is 0.225 e. The Morgan fingerprint density at radius 2 is 2.00 bits per heavy atom. The quantitative estimate of drug-likeness (QED) is 0.841. The summed E-state index contributed by atoms with van der Waals surface area (Å²) in [5.74, 6) is 1.29. The highest BCUT2D eigenvalue weighted by Crippen LogP contribution is 2.26. The SMILES string of the molecule is Cc1ccc(CC(C)n2c(Cl)nnc2C(C)C)s1. The molecule has 0 amide bonds. The van der Waals surface area contributed by atoms with E-state index in [2.05, 4.69) is 50.0 Å². The van der Waals surface area contributed by atoms with E-state index in [1.54, 1.807) is 0 Å². The Kier molecular flexibility index (Phi) is 4.07. The van der Waals surface area contributed by atoms with Crippen LogP contribution in [0, 0.1) is 6.92 Å². The van der Waals surface area contributed by atoms with E-state index in [-0.39, 0.29) is 6.04 Å². The van der Waals surface area contributed by atoms with Gasteiger partial charge in [0.05, 0.1) is 0 Å². The summed E-state index contributed by atoms with van der Waals surface area (Å²) in [7, 11) is 0. The highest BCUT2D eigenvalue weighted by molar-refractivity contribution is 7.11. The van der Waals surface area contributed by atoms with E-state index in [4.69, 9.17) is 11.6 Å². The Balaban J connectivity index is 2.23. The topological polar surface area (TPSA) is 30.7 Å². The van der Waals surface area contributed by atoms with Gasteiger partial charge in [0.25, 0.3) is 0 Å². The predicted octanol–water partition coefficient (Wildman–Crippen LogP) is 4.23. The Hall–Kier alpha value is -0.870. The molecule has 0 fully saturated rings. The fourth-order valence-corrected chi connectivity index (χ4v) is 3.36. The zero-order chi connectivity index (χ0) is 13.3. The van der Waals surface area contributed by atoms with Crippen LogP contribution < -0.4 is 0 Å². The molecule has 18 heavy (non-hydrogen) atoms. The molecule has 2 rings (SSSR count). The number of hydrogen-bond donors (Lipinski definition) is 0. The fraction of sp³-hybridized carbons (Fsp3) is 0.538. The summed E-state index contributed by atoms with van der Waals surface area (Å²) >= 11 is 7.98. The molecule has 2 heterocycles. The number of halogens is 1. The van der Waals surface area contributed by atoms with Gasteiger partial charge in [-0.3, -0.25) is 4.57 Å². The van der Waals surface area contributed by atoms with Crippen molar-refractivity contribution >= 4 is 22.9 Å². The first-order valence-corrected chi connectivity index (χ1v) is 7.34. The molecule has 3 nitrogen and oxygen atoms in total. The van der Waals surface area contributed by atoms with Gasteiger partial charge in [0, 0.05) is 28.1 Å². The molecular formula is C13H18ClN3S. The summed E-state index contributed by atoms with van der Waals surface area (Å²) in [5.41, 5.74) is 0. The lowest BCUT2D eigenvalue weighted by Crippen LogP contribution is -2.12. The van der Waals surface area contributed by atoms with Gasteiger partial charge in [-0.05, 0) is 37.6 Å². The van der Waals surface area contributed by atoms with E-state index in [1.165, 1.54) is 9.75 Å². The third-order valence-electron chi connectivity index (χ3n) is 2.93. The summed E-state index contributed by atoms with van der Waals surface area (Å²) < 4.78 is 2.04. The Bertz CT molecular complexity index is 530. The van der Waals surface area contributed by atoms with Gasteiger partial charge in [0.1, 0.15) is 5.82 Å². The summed E-state index contributed by atoms with van der Waals surface area (Å²) in [5, 5.41) is 8.64. The van der Waals surface area contributed by atoms with Gasteiger partial charge >= 0.3 is 0 Å². The zero-order valence-corrected chi connectivity index (χ0v) is 12.7. The lowest BCUT2D eigenvalue weighted by Gasteiger charge is -2.17. The Labute approximate surface area is 117 Å². The standard InChI is InChI=1S/C13H18ClN3S/c1-8(2)12-15-16-13(14)17(12)9(3)7-11-6-5-10(4)18-11/h5-6,8-9H,7H2,1-4H3. The molecule has 2 aromatic rings. The molecule has 0 aliphatic rings. The average molecular weight is 284 g/mol. The first kappa shape index (κ1) is 13.6. The van der Waals surface area contributed by atoms with E-state index in [0.717, 1.165) is 12.2 Å². The predicted molar refractivity (Wildman–Crippen MR) is 76.6 cm³/mol. The van der Waals surface area contributed by atoms with Crippen LogP contribution in [0.15, 0.2) is 12.1 Å². The normalized spacial score (nSPS) is 13.2. The molecule has 0 aromatic carbocycles. The molecule has 0 aliphatic carbocycles. The number of nitrogens with zero attached hydrogens (tertiary/aromatic N) is 3. The van der Waals surface area contributed by atoms with Crippen molar-refractivity contribution in [2.75, 3.05) is 0 Å². The Morgan fingerprint density at radius 3 is 2.56 bits per heavy atom. The molecular weight excluding hydrogens is 266 g/mol. The minimum Gasteiger partial charge on any atom is -0.298 e. The lowest BCUT2D eigenvalue weighted by molar-refractivity contribution is 0.511. The molecule has 0 spiro atoms. The van der Waals surface area contributed by atoms with Crippen LogP contribution in [0.2, 0.25) is 5.28 Å². The number of aromatic nitrogens is 3. The van der Waals surface area contributed by atoms with Gasteiger partial charge < -0.3 is 0 Å². The second-order valence-corrected chi connectivity index (χ2v) is 6.63. The number of hydrogen-bond acceptors (Lipinski definition) is 3. The van der Waals surface area contributed by atoms with E-state index in [0.29, 0.717) is 11.2 Å². The molecule has 0 N–H and O–H groups in total. The van der Waals surface area contributed by atoms with Gasteiger partial charge in [0.2, 0.25) is 5.28 Å². The molecule has 1 unspecified atom stereocenters. The zero-order valence-electron chi connectivity index (χ0n) is 11.1. The van der Waals surface area contributed by atoms with Crippen molar-refractivity contribution in [1.29, 1.82) is 0 Å².